The minimum atomic E-state index is -0.0509. The number of imide groups is 1. The summed E-state index contributed by atoms with van der Waals surface area (Å²) >= 11 is 0. The fourth-order valence-electron chi connectivity index (χ4n) is 2.35. The number of aromatic nitrogens is 2. The van der Waals surface area contributed by atoms with E-state index < -0.39 is 0 Å². The van der Waals surface area contributed by atoms with Gasteiger partial charge in [0.15, 0.2) is 0 Å². The van der Waals surface area contributed by atoms with Crippen molar-refractivity contribution in [2.75, 3.05) is 11.9 Å². The summed E-state index contributed by atoms with van der Waals surface area (Å²) in [6.07, 6.45) is 5.00. The zero-order valence-corrected chi connectivity index (χ0v) is 10.8. The number of likely N-dealkylation sites (tertiary alicyclic amines) is 1. The molecule has 19 heavy (non-hydrogen) atoms. The molecule has 2 aliphatic rings. The molecule has 1 aliphatic carbocycles. The molecular formula is C13H16N4O2. The molecule has 0 spiro atoms. The van der Waals surface area contributed by atoms with Crippen LogP contribution in [0.2, 0.25) is 0 Å². The summed E-state index contributed by atoms with van der Waals surface area (Å²) in [6, 6.07) is 0. The standard InChI is InChI=1S/C13H16N4O2/c1-2-3-14-11-6-15-8(5-16-11)7-17-12(18)9-4-10(9)13(17)19/h5-6,9-10H,2-4,7H2,1H3,(H,14,16). The van der Waals surface area contributed by atoms with Gasteiger partial charge in [0.1, 0.15) is 5.82 Å². The lowest BCUT2D eigenvalue weighted by atomic mass is 10.3. The minimum Gasteiger partial charge on any atom is -0.369 e. The van der Waals surface area contributed by atoms with Crippen molar-refractivity contribution in [3.63, 3.8) is 0 Å². The Morgan fingerprint density at radius 3 is 2.58 bits per heavy atom. The lowest BCUT2D eigenvalue weighted by molar-refractivity contribution is -0.142. The van der Waals surface area contributed by atoms with Gasteiger partial charge in [0.25, 0.3) is 0 Å². The molecule has 1 aromatic heterocycles. The lowest BCUT2D eigenvalue weighted by Gasteiger charge is -2.15. The van der Waals surface area contributed by atoms with Gasteiger partial charge in [-0.1, -0.05) is 6.92 Å². The molecule has 1 aliphatic heterocycles. The van der Waals surface area contributed by atoms with Gasteiger partial charge >= 0.3 is 0 Å². The average Bonchev–Trinajstić information content (AvgIpc) is 3.18. The molecule has 2 unspecified atom stereocenters. The minimum absolute atomic E-state index is 0.0500. The molecule has 100 valence electrons. The summed E-state index contributed by atoms with van der Waals surface area (Å²) in [5.41, 5.74) is 0.644. The Morgan fingerprint density at radius 1 is 1.26 bits per heavy atom. The first-order valence-corrected chi connectivity index (χ1v) is 6.60. The highest BCUT2D eigenvalue weighted by atomic mass is 16.2. The Morgan fingerprint density at radius 2 is 2.00 bits per heavy atom. The summed E-state index contributed by atoms with van der Waals surface area (Å²) in [4.78, 5) is 33.4. The van der Waals surface area contributed by atoms with E-state index in [1.165, 1.54) is 4.90 Å². The van der Waals surface area contributed by atoms with E-state index in [0.717, 1.165) is 19.4 Å². The number of carbonyl (C=O) groups excluding carboxylic acids is 2. The van der Waals surface area contributed by atoms with Gasteiger partial charge in [-0.05, 0) is 12.8 Å². The van der Waals surface area contributed by atoms with E-state index in [-0.39, 0.29) is 30.2 Å². The van der Waals surface area contributed by atoms with Gasteiger partial charge in [-0.3, -0.25) is 19.5 Å². The van der Waals surface area contributed by atoms with E-state index in [1.54, 1.807) is 12.4 Å². The summed E-state index contributed by atoms with van der Waals surface area (Å²) in [5.74, 6) is 0.513. The number of hydrogen-bond donors (Lipinski definition) is 1. The van der Waals surface area contributed by atoms with Crippen LogP contribution in [0.1, 0.15) is 25.5 Å². The van der Waals surface area contributed by atoms with Gasteiger partial charge < -0.3 is 5.32 Å². The second-order valence-electron chi connectivity index (χ2n) is 5.03. The summed E-state index contributed by atoms with van der Waals surface area (Å²) < 4.78 is 0. The van der Waals surface area contributed by atoms with Crippen LogP contribution >= 0.6 is 0 Å². The third kappa shape index (κ3) is 2.18. The SMILES string of the molecule is CCCNc1cnc(CN2C(=O)C3CC3C2=O)cn1. The van der Waals surface area contributed by atoms with Gasteiger partial charge in [-0.2, -0.15) is 0 Å². The zero-order chi connectivity index (χ0) is 13.4. The Balaban J connectivity index is 1.64. The molecule has 1 N–H and O–H groups in total. The van der Waals surface area contributed by atoms with Crippen molar-refractivity contribution in [3.8, 4) is 0 Å². The topological polar surface area (TPSA) is 75.2 Å². The third-order valence-corrected chi connectivity index (χ3v) is 3.54. The Labute approximate surface area is 111 Å². The van der Waals surface area contributed by atoms with Crippen LogP contribution in [-0.2, 0) is 16.1 Å². The summed E-state index contributed by atoms with van der Waals surface area (Å²) in [7, 11) is 0. The van der Waals surface area contributed by atoms with Crippen molar-refractivity contribution in [2.45, 2.75) is 26.3 Å². The monoisotopic (exact) mass is 260 g/mol. The van der Waals surface area contributed by atoms with Gasteiger partial charge in [0, 0.05) is 6.54 Å². The zero-order valence-electron chi connectivity index (χ0n) is 10.8. The smallest absolute Gasteiger partial charge is 0.233 e. The number of fused-ring (bicyclic) bond motifs is 1. The van der Waals surface area contributed by atoms with Crippen molar-refractivity contribution in [1.82, 2.24) is 14.9 Å². The van der Waals surface area contributed by atoms with Crippen molar-refractivity contribution >= 4 is 17.6 Å². The second-order valence-corrected chi connectivity index (χ2v) is 5.03. The highest BCUT2D eigenvalue weighted by Crippen LogP contribution is 2.47. The molecular weight excluding hydrogens is 244 g/mol. The quantitative estimate of drug-likeness (QED) is 0.793. The van der Waals surface area contributed by atoms with Crippen molar-refractivity contribution in [2.24, 2.45) is 11.8 Å². The number of amides is 2. The van der Waals surface area contributed by atoms with Gasteiger partial charge in [0.2, 0.25) is 11.8 Å². The Bertz CT molecular complexity index is 494. The van der Waals surface area contributed by atoms with E-state index in [9.17, 15) is 9.59 Å². The van der Waals surface area contributed by atoms with E-state index >= 15 is 0 Å². The number of hydrogen-bond acceptors (Lipinski definition) is 5. The first-order chi connectivity index (χ1) is 9.20. The summed E-state index contributed by atoms with van der Waals surface area (Å²) in [5, 5.41) is 3.13. The van der Waals surface area contributed by atoms with Gasteiger partial charge in [-0.25, -0.2) is 4.98 Å². The predicted molar refractivity (Wildman–Crippen MR) is 68.0 cm³/mol. The predicted octanol–water partition coefficient (Wildman–Crippen LogP) is 0.803. The number of piperidine rings is 1. The number of anilines is 1. The van der Waals surface area contributed by atoms with E-state index in [4.69, 9.17) is 0 Å². The molecule has 0 bridgehead atoms. The molecule has 1 saturated carbocycles. The molecule has 2 amide bonds. The van der Waals surface area contributed by atoms with Crippen LogP contribution < -0.4 is 5.32 Å². The number of carbonyl (C=O) groups is 2. The fraction of sp³-hybridized carbons (Fsp3) is 0.538. The molecule has 2 heterocycles. The van der Waals surface area contributed by atoms with Crippen LogP contribution in [0.15, 0.2) is 12.4 Å². The Hall–Kier alpha value is -1.98. The van der Waals surface area contributed by atoms with E-state index in [0.29, 0.717) is 11.5 Å². The molecule has 6 nitrogen and oxygen atoms in total. The number of rotatable bonds is 5. The van der Waals surface area contributed by atoms with Crippen LogP contribution in [0, 0.1) is 11.8 Å². The molecule has 6 heteroatoms. The molecule has 2 atom stereocenters. The van der Waals surface area contributed by atoms with Crippen LogP contribution in [-0.4, -0.2) is 33.2 Å². The van der Waals surface area contributed by atoms with E-state index in [2.05, 4.69) is 22.2 Å². The maximum atomic E-state index is 11.8. The van der Waals surface area contributed by atoms with Crippen molar-refractivity contribution in [1.29, 1.82) is 0 Å². The maximum absolute atomic E-state index is 11.8. The van der Waals surface area contributed by atoms with Crippen LogP contribution in [0.4, 0.5) is 5.82 Å². The molecule has 3 rings (SSSR count). The first-order valence-electron chi connectivity index (χ1n) is 6.60. The fourth-order valence-corrected chi connectivity index (χ4v) is 2.35. The van der Waals surface area contributed by atoms with Crippen LogP contribution in [0.25, 0.3) is 0 Å². The maximum Gasteiger partial charge on any atom is 0.233 e. The summed E-state index contributed by atoms with van der Waals surface area (Å²) in [6.45, 7) is 3.16. The lowest BCUT2D eigenvalue weighted by Crippen LogP contribution is -2.32. The largest absolute Gasteiger partial charge is 0.369 e. The van der Waals surface area contributed by atoms with Gasteiger partial charge in [0.05, 0.1) is 36.5 Å². The Kier molecular flexibility index (Phi) is 2.93. The van der Waals surface area contributed by atoms with Crippen molar-refractivity contribution in [3.05, 3.63) is 18.1 Å². The van der Waals surface area contributed by atoms with Gasteiger partial charge in [-0.15, -0.1) is 0 Å². The second kappa shape index (κ2) is 4.60. The molecule has 0 aromatic carbocycles. The normalized spacial score (nSPS) is 24.6. The first kappa shape index (κ1) is 12.1. The number of nitrogens with one attached hydrogen (secondary N) is 1. The molecule has 0 radical (unpaired) electrons. The van der Waals surface area contributed by atoms with Crippen LogP contribution in [0.5, 0.6) is 0 Å². The van der Waals surface area contributed by atoms with Crippen LogP contribution in [0.3, 0.4) is 0 Å². The highest BCUT2D eigenvalue weighted by Gasteiger charge is 2.58. The van der Waals surface area contributed by atoms with Crippen molar-refractivity contribution < 1.29 is 9.59 Å². The van der Waals surface area contributed by atoms with E-state index in [1.807, 2.05) is 0 Å². The highest BCUT2D eigenvalue weighted by molar-refractivity contribution is 6.08. The average molecular weight is 260 g/mol. The third-order valence-electron chi connectivity index (χ3n) is 3.54. The molecule has 1 aromatic rings. The number of nitrogens with zero attached hydrogens (tertiary/aromatic N) is 3. The molecule has 2 fully saturated rings. The molecule has 1 saturated heterocycles.